The van der Waals surface area contributed by atoms with Crippen molar-refractivity contribution >= 4 is 0 Å². The number of halogens is 1. The molecular weight excluding hydrogens is 189 g/mol. The van der Waals surface area contributed by atoms with Crippen molar-refractivity contribution in [1.29, 1.82) is 0 Å². The van der Waals surface area contributed by atoms with Gasteiger partial charge in [-0.25, -0.2) is 4.39 Å². The summed E-state index contributed by atoms with van der Waals surface area (Å²) < 4.78 is 13.4. The summed E-state index contributed by atoms with van der Waals surface area (Å²) in [6.45, 7) is 4.37. The first-order chi connectivity index (χ1) is 7.13. The summed E-state index contributed by atoms with van der Waals surface area (Å²) >= 11 is 0. The molecule has 0 radical (unpaired) electrons. The average Bonchev–Trinajstić information content (AvgIpc) is 2.19. The van der Waals surface area contributed by atoms with Gasteiger partial charge in [0, 0.05) is 6.04 Å². The van der Waals surface area contributed by atoms with Gasteiger partial charge in [-0.05, 0) is 37.4 Å². The highest BCUT2D eigenvalue weighted by Crippen LogP contribution is 2.13. The van der Waals surface area contributed by atoms with Gasteiger partial charge in [-0.15, -0.1) is 0 Å². The number of benzene rings is 1. The van der Waals surface area contributed by atoms with Gasteiger partial charge in [0.05, 0.1) is 0 Å². The Labute approximate surface area is 91.7 Å². The van der Waals surface area contributed by atoms with E-state index in [0.717, 1.165) is 18.4 Å². The van der Waals surface area contributed by atoms with Gasteiger partial charge in [0.15, 0.2) is 0 Å². The lowest BCUT2D eigenvalue weighted by atomic mass is 9.97. The first kappa shape index (κ1) is 12.2. The Morgan fingerprint density at radius 3 is 2.47 bits per heavy atom. The Hall–Kier alpha value is -0.890. The summed E-state index contributed by atoms with van der Waals surface area (Å²) in [5.41, 5.74) is 0.803. The third-order valence-corrected chi connectivity index (χ3v) is 2.59. The van der Waals surface area contributed by atoms with Gasteiger partial charge < -0.3 is 5.32 Å². The van der Waals surface area contributed by atoms with Crippen molar-refractivity contribution < 1.29 is 4.39 Å². The summed E-state index contributed by atoms with van der Waals surface area (Å²) in [4.78, 5) is 0. The normalized spacial score (nSPS) is 13.1. The molecule has 0 saturated carbocycles. The minimum atomic E-state index is -0.0958. The molecular formula is C13H20FN. The van der Waals surface area contributed by atoms with Gasteiger partial charge in [-0.3, -0.25) is 0 Å². The number of hydrogen-bond donors (Lipinski definition) is 1. The van der Waals surface area contributed by atoms with Crippen LogP contribution in [0.2, 0.25) is 0 Å². The lowest BCUT2D eigenvalue weighted by Gasteiger charge is -2.18. The van der Waals surface area contributed by atoms with Gasteiger partial charge in [0.1, 0.15) is 5.82 Å². The number of rotatable bonds is 5. The van der Waals surface area contributed by atoms with Crippen LogP contribution in [0, 0.1) is 11.7 Å². The summed E-state index contributed by atoms with van der Waals surface area (Å²) in [6, 6.07) is 7.37. The lowest BCUT2D eigenvalue weighted by Crippen LogP contribution is -2.29. The van der Waals surface area contributed by atoms with E-state index < -0.39 is 0 Å². The minimum absolute atomic E-state index is 0.0958. The largest absolute Gasteiger partial charge is 0.317 e. The van der Waals surface area contributed by atoms with Gasteiger partial charge in [0.2, 0.25) is 0 Å². The highest BCUT2D eigenvalue weighted by atomic mass is 19.1. The molecule has 0 fully saturated rings. The molecule has 1 aromatic rings. The van der Waals surface area contributed by atoms with E-state index in [9.17, 15) is 4.39 Å². The summed E-state index contributed by atoms with van der Waals surface area (Å²) in [5, 5.41) is 3.24. The molecule has 1 N–H and O–H groups in total. The van der Waals surface area contributed by atoms with Crippen molar-refractivity contribution in [2.45, 2.75) is 32.7 Å². The van der Waals surface area contributed by atoms with Gasteiger partial charge in [-0.1, -0.05) is 32.0 Å². The summed E-state index contributed by atoms with van der Waals surface area (Å²) in [6.07, 6.45) is 1.84. The molecule has 0 aliphatic carbocycles. The molecule has 84 valence electrons. The molecule has 1 aromatic carbocycles. The van der Waals surface area contributed by atoms with E-state index in [1.54, 1.807) is 6.07 Å². The molecule has 15 heavy (non-hydrogen) atoms. The minimum Gasteiger partial charge on any atom is -0.317 e. The van der Waals surface area contributed by atoms with E-state index in [-0.39, 0.29) is 5.82 Å². The Morgan fingerprint density at radius 1 is 1.27 bits per heavy atom. The van der Waals surface area contributed by atoms with E-state index in [2.05, 4.69) is 19.2 Å². The van der Waals surface area contributed by atoms with Crippen LogP contribution in [0.3, 0.4) is 0 Å². The van der Waals surface area contributed by atoms with Crippen molar-refractivity contribution in [3.63, 3.8) is 0 Å². The zero-order valence-electron chi connectivity index (χ0n) is 9.76. The van der Waals surface area contributed by atoms with E-state index in [0.29, 0.717) is 12.0 Å². The fourth-order valence-corrected chi connectivity index (χ4v) is 1.80. The second kappa shape index (κ2) is 5.86. The van der Waals surface area contributed by atoms with Crippen molar-refractivity contribution in [2.75, 3.05) is 7.05 Å². The van der Waals surface area contributed by atoms with Crippen molar-refractivity contribution in [2.24, 2.45) is 5.92 Å². The number of likely N-dealkylation sites (N-methyl/N-ethyl adjacent to an activating group) is 1. The second-order valence-electron chi connectivity index (χ2n) is 4.41. The van der Waals surface area contributed by atoms with Gasteiger partial charge >= 0.3 is 0 Å². The monoisotopic (exact) mass is 209 g/mol. The van der Waals surface area contributed by atoms with Crippen LogP contribution < -0.4 is 5.32 Å². The zero-order chi connectivity index (χ0) is 11.3. The molecule has 1 nitrogen and oxygen atoms in total. The van der Waals surface area contributed by atoms with E-state index >= 15 is 0 Å². The first-order valence-corrected chi connectivity index (χ1v) is 5.54. The predicted molar refractivity (Wildman–Crippen MR) is 62.4 cm³/mol. The molecule has 1 atom stereocenters. The molecule has 2 heteroatoms. The molecule has 0 saturated heterocycles. The highest BCUT2D eigenvalue weighted by molar-refractivity contribution is 5.18. The standard InChI is InChI=1S/C13H20FN/c1-10(2)8-12(15-3)9-11-6-4-5-7-13(11)14/h4-7,10,12,15H,8-9H2,1-3H3. The van der Waals surface area contributed by atoms with E-state index in [4.69, 9.17) is 0 Å². The van der Waals surface area contributed by atoms with Crippen LogP contribution in [0.5, 0.6) is 0 Å². The van der Waals surface area contributed by atoms with Crippen molar-refractivity contribution in [3.05, 3.63) is 35.6 Å². The maximum atomic E-state index is 13.4. The SMILES string of the molecule is CNC(Cc1ccccc1F)CC(C)C. The van der Waals surface area contributed by atoms with Crippen LogP contribution in [0.15, 0.2) is 24.3 Å². The van der Waals surface area contributed by atoms with Crippen LogP contribution in [0.1, 0.15) is 25.8 Å². The van der Waals surface area contributed by atoms with Crippen LogP contribution >= 0.6 is 0 Å². The van der Waals surface area contributed by atoms with Crippen molar-refractivity contribution in [1.82, 2.24) is 5.32 Å². The molecule has 0 aliphatic rings. The Morgan fingerprint density at radius 2 is 1.93 bits per heavy atom. The molecule has 1 rings (SSSR count). The first-order valence-electron chi connectivity index (χ1n) is 5.54. The van der Waals surface area contributed by atoms with Crippen LogP contribution in [0.25, 0.3) is 0 Å². The average molecular weight is 209 g/mol. The topological polar surface area (TPSA) is 12.0 Å². The van der Waals surface area contributed by atoms with Gasteiger partial charge in [-0.2, -0.15) is 0 Å². The highest BCUT2D eigenvalue weighted by Gasteiger charge is 2.11. The fraction of sp³-hybridized carbons (Fsp3) is 0.538. The zero-order valence-corrected chi connectivity index (χ0v) is 9.76. The quantitative estimate of drug-likeness (QED) is 0.786. The predicted octanol–water partition coefficient (Wildman–Crippen LogP) is 3.00. The molecule has 0 amide bonds. The fourth-order valence-electron chi connectivity index (χ4n) is 1.80. The molecule has 0 aromatic heterocycles. The summed E-state index contributed by atoms with van der Waals surface area (Å²) in [5.74, 6) is 0.538. The molecule has 0 heterocycles. The number of hydrogen-bond acceptors (Lipinski definition) is 1. The maximum Gasteiger partial charge on any atom is 0.126 e. The molecule has 0 spiro atoms. The second-order valence-corrected chi connectivity index (χ2v) is 4.41. The van der Waals surface area contributed by atoms with E-state index in [1.807, 2.05) is 19.2 Å². The summed E-state index contributed by atoms with van der Waals surface area (Å²) in [7, 11) is 1.94. The third-order valence-electron chi connectivity index (χ3n) is 2.59. The molecule has 0 aliphatic heterocycles. The van der Waals surface area contributed by atoms with Crippen LogP contribution in [0.4, 0.5) is 4.39 Å². The van der Waals surface area contributed by atoms with Gasteiger partial charge in [0.25, 0.3) is 0 Å². The Kier molecular flexibility index (Phi) is 4.76. The lowest BCUT2D eigenvalue weighted by molar-refractivity contribution is 0.435. The Bertz CT molecular complexity index is 296. The molecule has 0 bridgehead atoms. The molecule has 1 unspecified atom stereocenters. The number of nitrogens with one attached hydrogen (secondary N) is 1. The van der Waals surface area contributed by atoms with E-state index in [1.165, 1.54) is 6.07 Å². The third kappa shape index (κ3) is 4.00. The maximum absolute atomic E-state index is 13.4. The van der Waals surface area contributed by atoms with Crippen molar-refractivity contribution in [3.8, 4) is 0 Å². The smallest absolute Gasteiger partial charge is 0.126 e. The Balaban J connectivity index is 2.62. The van der Waals surface area contributed by atoms with Crippen LogP contribution in [-0.4, -0.2) is 13.1 Å². The van der Waals surface area contributed by atoms with Crippen LogP contribution in [-0.2, 0) is 6.42 Å².